The van der Waals surface area contributed by atoms with Crippen molar-refractivity contribution in [2.75, 3.05) is 0 Å². The average molecular weight is 264 g/mol. The molecule has 1 aliphatic carbocycles. The van der Waals surface area contributed by atoms with Crippen molar-refractivity contribution in [3.05, 3.63) is 12.2 Å². The normalized spacial score (nSPS) is 48.1. The van der Waals surface area contributed by atoms with Gasteiger partial charge in [0, 0.05) is 17.9 Å². The quantitative estimate of drug-likeness (QED) is 0.776. The fourth-order valence-corrected chi connectivity index (χ4v) is 4.65. The molecule has 1 spiro atoms. The smallest absolute Gasteiger partial charge is 0.331 e. The maximum Gasteiger partial charge on any atom is 0.331 e. The van der Waals surface area contributed by atoms with Crippen molar-refractivity contribution >= 4 is 11.8 Å². The minimum absolute atomic E-state index is 0.0856. The Morgan fingerprint density at radius 2 is 2.21 bits per heavy atom. The Morgan fingerprint density at radius 3 is 2.84 bits per heavy atom. The summed E-state index contributed by atoms with van der Waals surface area (Å²) in [4.78, 5) is 23.5. The first-order chi connectivity index (χ1) is 8.82. The lowest BCUT2D eigenvalue weighted by Crippen LogP contribution is -2.54. The molecule has 4 nitrogen and oxygen atoms in total. The monoisotopic (exact) mass is 264 g/mol. The second-order valence-corrected chi connectivity index (χ2v) is 6.58. The summed E-state index contributed by atoms with van der Waals surface area (Å²) >= 11 is 0. The highest BCUT2D eigenvalue weighted by molar-refractivity contribution is 5.90. The fourth-order valence-electron chi connectivity index (χ4n) is 4.65. The zero-order valence-corrected chi connectivity index (χ0v) is 11.4. The van der Waals surface area contributed by atoms with Crippen LogP contribution in [0.3, 0.4) is 0 Å². The Hall–Kier alpha value is -1.16. The summed E-state index contributed by atoms with van der Waals surface area (Å²) in [6, 6.07) is 0. The number of Topliss-reactive ketones (excluding diaryl/α,β-unsaturated/α-hetero) is 1. The van der Waals surface area contributed by atoms with Crippen LogP contribution < -0.4 is 0 Å². The number of hydrogen-bond acceptors (Lipinski definition) is 3. The van der Waals surface area contributed by atoms with Gasteiger partial charge in [0.25, 0.3) is 0 Å². The zero-order chi connectivity index (χ0) is 14.0. The van der Waals surface area contributed by atoms with Crippen molar-refractivity contribution in [2.24, 2.45) is 17.3 Å². The van der Waals surface area contributed by atoms with E-state index in [0.29, 0.717) is 18.8 Å². The third-order valence-corrected chi connectivity index (χ3v) is 5.82. The molecular formula is C15H20O4. The van der Waals surface area contributed by atoms with Crippen molar-refractivity contribution in [1.82, 2.24) is 0 Å². The van der Waals surface area contributed by atoms with E-state index in [9.17, 15) is 14.7 Å². The summed E-state index contributed by atoms with van der Waals surface area (Å²) < 4.78 is 6.23. The highest BCUT2D eigenvalue weighted by Crippen LogP contribution is 2.63. The van der Waals surface area contributed by atoms with Gasteiger partial charge < -0.3 is 9.84 Å². The molecule has 5 atom stereocenters. The Kier molecular flexibility index (Phi) is 2.50. The van der Waals surface area contributed by atoms with Gasteiger partial charge in [-0.1, -0.05) is 13.5 Å². The molecule has 3 rings (SSSR count). The molecule has 1 N–H and O–H groups in total. The molecule has 0 aromatic rings. The van der Waals surface area contributed by atoms with Gasteiger partial charge in [-0.3, -0.25) is 4.79 Å². The Labute approximate surface area is 112 Å². The molecule has 3 aliphatic rings. The van der Waals surface area contributed by atoms with E-state index in [1.807, 2.05) is 6.92 Å². The van der Waals surface area contributed by atoms with Crippen LogP contribution in [0.25, 0.3) is 0 Å². The Morgan fingerprint density at radius 1 is 1.53 bits per heavy atom. The zero-order valence-electron chi connectivity index (χ0n) is 11.4. The third kappa shape index (κ3) is 1.38. The first-order valence-corrected chi connectivity index (χ1v) is 6.95. The number of carboxylic acids is 1. The van der Waals surface area contributed by atoms with E-state index < -0.39 is 11.4 Å². The first kappa shape index (κ1) is 12.9. The van der Waals surface area contributed by atoms with E-state index >= 15 is 0 Å². The first-order valence-electron chi connectivity index (χ1n) is 6.95. The lowest BCUT2D eigenvalue weighted by atomic mass is 9.65. The Balaban J connectivity index is 2.03. The average Bonchev–Trinajstić information content (AvgIpc) is 2.79. The molecular weight excluding hydrogens is 244 g/mol. The van der Waals surface area contributed by atoms with Gasteiger partial charge in [-0.15, -0.1) is 0 Å². The van der Waals surface area contributed by atoms with Gasteiger partial charge in [0.1, 0.15) is 5.78 Å². The van der Waals surface area contributed by atoms with Crippen LogP contribution in [0.2, 0.25) is 0 Å². The number of rotatable bonds is 2. The molecule has 1 saturated carbocycles. The number of fused-ring (bicyclic) bond motifs is 1. The van der Waals surface area contributed by atoms with Gasteiger partial charge >= 0.3 is 5.97 Å². The highest BCUT2D eigenvalue weighted by atomic mass is 16.5. The van der Waals surface area contributed by atoms with E-state index in [2.05, 4.69) is 13.5 Å². The van der Waals surface area contributed by atoms with E-state index in [1.165, 1.54) is 0 Å². The minimum atomic E-state index is -0.977. The number of hydrogen-bond donors (Lipinski definition) is 1. The molecule has 0 radical (unpaired) electrons. The number of aliphatic carboxylic acids is 1. The maximum absolute atomic E-state index is 12.3. The summed E-state index contributed by atoms with van der Waals surface area (Å²) in [5.41, 5.74) is -0.708. The summed E-state index contributed by atoms with van der Waals surface area (Å²) in [5.74, 6) is -0.680. The van der Waals surface area contributed by atoms with Crippen LogP contribution in [0.5, 0.6) is 0 Å². The third-order valence-electron chi connectivity index (χ3n) is 5.82. The van der Waals surface area contributed by atoms with Crippen LogP contribution in [0.4, 0.5) is 0 Å². The number of carboxylic acid groups (broad SMARTS) is 1. The van der Waals surface area contributed by atoms with Gasteiger partial charge in [0.15, 0.2) is 0 Å². The summed E-state index contributed by atoms with van der Waals surface area (Å²) in [6.45, 7) is 7.79. The molecule has 2 heterocycles. The molecule has 0 amide bonds. The van der Waals surface area contributed by atoms with Gasteiger partial charge in [-0.05, 0) is 32.1 Å². The molecule has 4 heteroatoms. The van der Waals surface area contributed by atoms with Gasteiger partial charge in [-0.2, -0.15) is 0 Å². The SMILES string of the molecule is C=C(C(=O)O)[C@@H]1C[C@@]2(C)C(=O)CC[C@@]23O[C@@H]1C[C@H]3C. The number of carbonyl (C=O) groups excluding carboxylic acids is 1. The topological polar surface area (TPSA) is 63.6 Å². The maximum atomic E-state index is 12.3. The number of carbonyl (C=O) groups is 2. The van der Waals surface area contributed by atoms with Crippen molar-refractivity contribution in [3.8, 4) is 0 Å². The minimum Gasteiger partial charge on any atom is -0.478 e. The highest BCUT2D eigenvalue weighted by Gasteiger charge is 2.68. The largest absolute Gasteiger partial charge is 0.478 e. The molecule has 104 valence electrons. The second-order valence-electron chi connectivity index (χ2n) is 6.58. The molecule has 2 aliphatic heterocycles. The molecule has 0 aromatic carbocycles. The summed E-state index contributed by atoms with van der Waals surface area (Å²) in [6.07, 6.45) is 2.66. The molecule has 0 unspecified atom stereocenters. The molecule has 0 aromatic heterocycles. The van der Waals surface area contributed by atoms with Gasteiger partial charge in [0.05, 0.1) is 17.1 Å². The summed E-state index contributed by atoms with van der Waals surface area (Å²) in [5, 5.41) is 9.18. The Bertz CT molecular complexity index is 483. The lowest BCUT2D eigenvalue weighted by Gasteiger charge is -2.48. The predicted molar refractivity (Wildman–Crippen MR) is 68.6 cm³/mol. The van der Waals surface area contributed by atoms with E-state index in [1.54, 1.807) is 0 Å². The van der Waals surface area contributed by atoms with Crippen molar-refractivity contribution < 1.29 is 19.4 Å². The van der Waals surface area contributed by atoms with E-state index in [4.69, 9.17) is 4.74 Å². The standard InChI is InChI=1S/C15H20O4/c1-8-6-11-10(9(2)13(17)18)7-14(3)12(16)4-5-15(8,14)19-11/h8,10-11H,2,4-7H2,1,3H3,(H,17,18)/t8-,10+,11-,14+,15+/m1/s1. The number of ether oxygens (including phenoxy) is 1. The van der Waals surface area contributed by atoms with Crippen LogP contribution in [-0.4, -0.2) is 28.6 Å². The van der Waals surface area contributed by atoms with Crippen LogP contribution in [0.15, 0.2) is 12.2 Å². The molecule has 19 heavy (non-hydrogen) atoms. The van der Waals surface area contributed by atoms with Gasteiger partial charge in [-0.25, -0.2) is 4.79 Å². The molecule has 2 saturated heterocycles. The van der Waals surface area contributed by atoms with E-state index in [0.717, 1.165) is 12.8 Å². The van der Waals surface area contributed by atoms with Crippen LogP contribution in [-0.2, 0) is 14.3 Å². The molecule has 2 bridgehead atoms. The van der Waals surface area contributed by atoms with Crippen LogP contribution >= 0.6 is 0 Å². The number of ketones is 1. The van der Waals surface area contributed by atoms with Crippen molar-refractivity contribution in [1.29, 1.82) is 0 Å². The van der Waals surface area contributed by atoms with Crippen LogP contribution in [0, 0.1) is 17.3 Å². The predicted octanol–water partition coefficient (Wildman–Crippen LogP) is 2.18. The van der Waals surface area contributed by atoms with Crippen LogP contribution in [0.1, 0.15) is 39.5 Å². The van der Waals surface area contributed by atoms with E-state index in [-0.39, 0.29) is 29.0 Å². The fraction of sp³-hybridized carbons (Fsp3) is 0.733. The lowest BCUT2D eigenvalue weighted by molar-refractivity contribution is -0.179. The van der Waals surface area contributed by atoms with Crippen molar-refractivity contribution in [2.45, 2.75) is 51.2 Å². The van der Waals surface area contributed by atoms with Gasteiger partial charge in [0.2, 0.25) is 0 Å². The second kappa shape index (κ2) is 3.69. The molecule has 3 fully saturated rings. The van der Waals surface area contributed by atoms with Crippen molar-refractivity contribution in [3.63, 3.8) is 0 Å². The summed E-state index contributed by atoms with van der Waals surface area (Å²) in [7, 11) is 0.